The summed E-state index contributed by atoms with van der Waals surface area (Å²) >= 11 is 1.35. The van der Waals surface area contributed by atoms with Gasteiger partial charge in [-0.2, -0.15) is 0 Å². The topological polar surface area (TPSA) is 61.5 Å². The van der Waals surface area contributed by atoms with Crippen LogP contribution in [0.15, 0.2) is 29.6 Å². The summed E-state index contributed by atoms with van der Waals surface area (Å²) < 4.78 is 10.2. The summed E-state index contributed by atoms with van der Waals surface area (Å²) in [5, 5.41) is 1.82. The summed E-state index contributed by atoms with van der Waals surface area (Å²) in [4.78, 5) is 12.8. The fourth-order valence-corrected chi connectivity index (χ4v) is 2.45. The Morgan fingerprint density at radius 3 is 2.50 bits per heavy atom. The lowest BCUT2D eigenvalue weighted by atomic mass is 10.1. The van der Waals surface area contributed by atoms with Gasteiger partial charge in [0.2, 0.25) is 5.78 Å². The molecule has 0 saturated heterocycles. The lowest BCUT2D eigenvalue weighted by Gasteiger charge is -2.06. The number of nitrogens with two attached hydrogens (primary N) is 1. The number of carbonyl (C=O) groups excluding carboxylic acids is 1. The normalized spacial score (nSPS) is 10.1. The van der Waals surface area contributed by atoms with Crippen LogP contribution in [0.1, 0.15) is 15.2 Å². The molecule has 0 aliphatic carbocycles. The predicted octanol–water partition coefficient (Wildman–Crippen LogP) is 2.58. The molecule has 5 heteroatoms. The molecule has 0 aliphatic heterocycles. The minimum Gasteiger partial charge on any atom is -0.495 e. The molecular weight excluding hydrogens is 250 g/mol. The van der Waals surface area contributed by atoms with Gasteiger partial charge < -0.3 is 15.2 Å². The summed E-state index contributed by atoms with van der Waals surface area (Å²) in [5.41, 5.74) is 6.75. The molecule has 2 N–H and O–H groups in total. The first-order chi connectivity index (χ1) is 8.67. The van der Waals surface area contributed by atoms with Crippen molar-refractivity contribution in [1.82, 2.24) is 0 Å². The molecule has 0 fully saturated rings. The standard InChI is InChI=1S/C13H13NO3S/c1-16-10-4-3-8(7-9(10)14)12(15)13-11(17-2)5-6-18-13/h3-7H,14H2,1-2H3. The molecule has 0 bridgehead atoms. The van der Waals surface area contributed by atoms with E-state index in [2.05, 4.69) is 0 Å². The molecule has 0 spiro atoms. The largest absolute Gasteiger partial charge is 0.495 e. The van der Waals surface area contributed by atoms with E-state index in [1.807, 2.05) is 5.38 Å². The number of ether oxygens (including phenoxy) is 2. The Balaban J connectivity index is 2.37. The van der Waals surface area contributed by atoms with Crippen LogP contribution < -0.4 is 15.2 Å². The molecule has 0 unspecified atom stereocenters. The third-order valence-electron chi connectivity index (χ3n) is 2.55. The smallest absolute Gasteiger partial charge is 0.206 e. The molecule has 1 aromatic carbocycles. The predicted molar refractivity (Wildman–Crippen MR) is 71.7 cm³/mol. The molecule has 94 valence electrons. The highest BCUT2D eigenvalue weighted by Gasteiger charge is 2.16. The molecule has 0 aliphatic rings. The molecule has 0 amide bonds. The van der Waals surface area contributed by atoms with Crippen molar-refractivity contribution in [1.29, 1.82) is 0 Å². The number of rotatable bonds is 4. The maximum atomic E-state index is 12.3. The van der Waals surface area contributed by atoms with Crippen LogP contribution in [0.25, 0.3) is 0 Å². The quantitative estimate of drug-likeness (QED) is 0.680. The first kappa shape index (κ1) is 12.4. The van der Waals surface area contributed by atoms with Crippen molar-refractivity contribution in [3.8, 4) is 11.5 Å². The van der Waals surface area contributed by atoms with Gasteiger partial charge in [-0.3, -0.25) is 4.79 Å². The second-order valence-electron chi connectivity index (χ2n) is 3.60. The molecular formula is C13H13NO3S. The molecule has 1 heterocycles. The van der Waals surface area contributed by atoms with Crippen molar-refractivity contribution in [2.24, 2.45) is 0 Å². The van der Waals surface area contributed by atoms with Crippen molar-refractivity contribution in [3.63, 3.8) is 0 Å². The van der Waals surface area contributed by atoms with E-state index >= 15 is 0 Å². The Morgan fingerprint density at radius 1 is 1.17 bits per heavy atom. The van der Waals surface area contributed by atoms with Crippen molar-refractivity contribution in [2.75, 3.05) is 20.0 Å². The van der Waals surface area contributed by atoms with E-state index in [1.165, 1.54) is 18.4 Å². The zero-order valence-corrected chi connectivity index (χ0v) is 10.9. The molecule has 4 nitrogen and oxygen atoms in total. The highest BCUT2D eigenvalue weighted by Crippen LogP contribution is 2.29. The number of methoxy groups -OCH3 is 2. The number of nitrogen functional groups attached to an aromatic ring is 1. The number of hydrogen-bond donors (Lipinski definition) is 1. The lowest BCUT2D eigenvalue weighted by Crippen LogP contribution is -2.02. The van der Waals surface area contributed by atoms with Crippen LogP contribution in [0.2, 0.25) is 0 Å². The van der Waals surface area contributed by atoms with Gasteiger partial charge in [0, 0.05) is 5.56 Å². The van der Waals surface area contributed by atoms with E-state index in [1.54, 1.807) is 31.4 Å². The molecule has 1 aromatic heterocycles. The zero-order chi connectivity index (χ0) is 13.1. The second kappa shape index (κ2) is 5.10. The van der Waals surface area contributed by atoms with Crippen molar-refractivity contribution < 1.29 is 14.3 Å². The molecule has 0 saturated carbocycles. The maximum absolute atomic E-state index is 12.3. The minimum absolute atomic E-state index is 0.101. The van der Waals surface area contributed by atoms with Gasteiger partial charge >= 0.3 is 0 Å². The SMILES string of the molecule is COc1ccc(C(=O)c2sccc2OC)cc1N. The van der Waals surface area contributed by atoms with Crippen molar-refractivity contribution in [3.05, 3.63) is 40.1 Å². The highest BCUT2D eigenvalue weighted by atomic mass is 32.1. The van der Waals surface area contributed by atoms with Gasteiger partial charge in [0.25, 0.3) is 0 Å². The van der Waals surface area contributed by atoms with E-state index in [4.69, 9.17) is 15.2 Å². The summed E-state index contributed by atoms with van der Waals surface area (Å²) in [6.07, 6.45) is 0. The first-order valence-corrected chi connectivity index (χ1v) is 6.15. The van der Waals surface area contributed by atoms with Crippen LogP contribution in [-0.2, 0) is 0 Å². The Morgan fingerprint density at radius 2 is 1.89 bits per heavy atom. The van der Waals surface area contributed by atoms with Gasteiger partial charge in [-0.15, -0.1) is 11.3 Å². The second-order valence-corrected chi connectivity index (χ2v) is 4.52. The average molecular weight is 263 g/mol. The number of benzene rings is 1. The fraction of sp³-hybridized carbons (Fsp3) is 0.154. The summed E-state index contributed by atoms with van der Waals surface area (Å²) in [6, 6.07) is 6.75. The number of carbonyl (C=O) groups is 1. The molecule has 0 radical (unpaired) electrons. The lowest BCUT2D eigenvalue weighted by molar-refractivity contribution is 0.104. The number of anilines is 1. The van der Waals surface area contributed by atoms with Crippen LogP contribution in [0.4, 0.5) is 5.69 Å². The Kier molecular flexibility index (Phi) is 3.53. The van der Waals surface area contributed by atoms with Gasteiger partial charge in [0.15, 0.2) is 0 Å². The van der Waals surface area contributed by atoms with Gasteiger partial charge in [-0.05, 0) is 29.6 Å². The fourth-order valence-electron chi connectivity index (χ4n) is 1.63. The van der Waals surface area contributed by atoms with Crippen LogP contribution in [0, 0.1) is 0 Å². The third kappa shape index (κ3) is 2.17. The summed E-state index contributed by atoms with van der Waals surface area (Å²) in [5.74, 6) is 1.04. The summed E-state index contributed by atoms with van der Waals surface area (Å²) in [7, 11) is 3.08. The van der Waals surface area contributed by atoms with Crippen LogP contribution in [-0.4, -0.2) is 20.0 Å². The Hall–Kier alpha value is -2.01. The third-order valence-corrected chi connectivity index (χ3v) is 3.44. The number of ketones is 1. The molecule has 0 atom stereocenters. The van der Waals surface area contributed by atoms with Crippen molar-refractivity contribution >= 4 is 22.8 Å². The van der Waals surface area contributed by atoms with E-state index in [0.717, 1.165) is 0 Å². The monoisotopic (exact) mass is 263 g/mol. The van der Waals surface area contributed by atoms with Gasteiger partial charge in [-0.25, -0.2) is 0 Å². The molecule has 2 rings (SSSR count). The van der Waals surface area contributed by atoms with Crippen LogP contribution in [0.3, 0.4) is 0 Å². The van der Waals surface area contributed by atoms with E-state index < -0.39 is 0 Å². The van der Waals surface area contributed by atoms with E-state index in [0.29, 0.717) is 27.6 Å². The van der Waals surface area contributed by atoms with E-state index in [-0.39, 0.29) is 5.78 Å². The van der Waals surface area contributed by atoms with Gasteiger partial charge in [0.05, 0.1) is 19.9 Å². The Labute approximate surface area is 109 Å². The van der Waals surface area contributed by atoms with Crippen LogP contribution >= 0.6 is 11.3 Å². The zero-order valence-electron chi connectivity index (χ0n) is 10.1. The van der Waals surface area contributed by atoms with Crippen molar-refractivity contribution in [2.45, 2.75) is 0 Å². The average Bonchev–Trinajstić information content (AvgIpc) is 2.86. The van der Waals surface area contributed by atoms with Crippen LogP contribution in [0.5, 0.6) is 11.5 Å². The van der Waals surface area contributed by atoms with Gasteiger partial charge in [0.1, 0.15) is 16.4 Å². The highest BCUT2D eigenvalue weighted by molar-refractivity contribution is 7.12. The van der Waals surface area contributed by atoms with Gasteiger partial charge in [-0.1, -0.05) is 0 Å². The maximum Gasteiger partial charge on any atom is 0.206 e. The first-order valence-electron chi connectivity index (χ1n) is 5.27. The number of thiophene rings is 1. The summed E-state index contributed by atoms with van der Waals surface area (Å²) in [6.45, 7) is 0. The minimum atomic E-state index is -0.101. The molecule has 18 heavy (non-hydrogen) atoms. The Bertz CT molecular complexity index is 577. The molecule has 2 aromatic rings. The van der Waals surface area contributed by atoms with E-state index in [9.17, 15) is 4.79 Å². The number of hydrogen-bond acceptors (Lipinski definition) is 5.